The Hall–Kier alpha value is -1.64. The number of piperazine rings is 1. The summed E-state index contributed by atoms with van der Waals surface area (Å²) >= 11 is 0. The van der Waals surface area contributed by atoms with Crippen molar-refractivity contribution in [1.29, 1.82) is 0 Å². The number of guanidine groups is 1. The highest BCUT2D eigenvalue weighted by Crippen LogP contribution is 2.36. The van der Waals surface area contributed by atoms with E-state index in [1.807, 2.05) is 13.1 Å². The van der Waals surface area contributed by atoms with E-state index < -0.39 is 0 Å². The molecule has 3 heterocycles. The first-order chi connectivity index (χ1) is 14.8. The van der Waals surface area contributed by atoms with Crippen molar-refractivity contribution in [3.05, 3.63) is 18.0 Å². The van der Waals surface area contributed by atoms with Crippen LogP contribution in [0.2, 0.25) is 0 Å². The van der Waals surface area contributed by atoms with Gasteiger partial charge in [-0.15, -0.1) is 0 Å². The highest BCUT2D eigenvalue weighted by Gasteiger charge is 2.35. The Morgan fingerprint density at radius 1 is 1.07 bits per heavy atom. The van der Waals surface area contributed by atoms with Gasteiger partial charge in [0.15, 0.2) is 5.96 Å². The average molecular weight is 419 g/mol. The second-order valence-electron chi connectivity index (χ2n) is 9.10. The first-order valence-electron chi connectivity index (χ1n) is 11.6. The summed E-state index contributed by atoms with van der Waals surface area (Å²) in [6.45, 7) is 11.0. The number of hydrogen-bond acceptors (Lipinski definition) is 6. The van der Waals surface area contributed by atoms with Gasteiger partial charge in [-0.25, -0.2) is 0 Å². The molecule has 0 unspecified atom stereocenters. The molecule has 2 aliphatic heterocycles. The molecule has 4 rings (SSSR count). The molecular formula is C22H38N6O2. The van der Waals surface area contributed by atoms with Gasteiger partial charge < -0.3 is 19.5 Å². The monoisotopic (exact) mass is 418 g/mol. The molecule has 1 aliphatic carbocycles. The van der Waals surface area contributed by atoms with Crippen LogP contribution in [0.4, 0.5) is 0 Å². The Kier molecular flexibility index (Phi) is 7.62. The standard InChI is InChI=1S/C22H38N6O2/c1-23-21(28-10-8-26(9-11-28)17-20-5-14-30-25-20)24-18-22(6-3-2-4-7-22)19-27-12-15-29-16-13-27/h5,14H,2-4,6-13,15-19H2,1H3,(H,23,24). The summed E-state index contributed by atoms with van der Waals surface area (Å²) in [5.74, 6) is 1.06. The zero-order valence-electron chi connectivity index (χ0n) is 18.5. The van der Waals surface area contributed by atoms with Crippen LogP contribution in [0.1, 0.15) is 37.8 Å². The Morgan fingerprint density at radius 3 is 2.50 bits per heavy atom. The van der Waals surface area contributed by atoms with Gasteiger partial charge in [0.25, 0.3) is 0 Å². The summed E-state index contributed by atoms with van der Waals surface area (Å²) in [5.41, 5.74) is 1.37. The van der Waals surface area contributed by atoms with E-state index in [2.05, 4.69) is 30.2 Å². The molecule has 1 saturated carbocycles. The van der Waals surface area contributed by atoms with E-state index in [-0.39, 0.29) is 0 Å². The van der Waals surface area contributed by atoms with E-state index in [0.717, 1.165) is 77.2 Å². The van der Waals surface area contributed by atoms with Crippen LogP contribution in [0.15, 0.2) is 21.8 Å². The average Bonchev–Trinajstić information content (AvgIpc) is 3.30. The minimum absolute atomic E-state index is 0.361. The molecule has 0 aromatic carbocycles. The van der Waals surface area contributed by atoms with Crippen LogP contribution in [0.3, 0.4) is 0 Å². The first kappa shape index (κ1) is 21.6. The highest BCUT2D eigenvalue weighted by molar-refractivity contribution is 5.80. The zero-order valence-corrected chi connectivity index (χ0v) is 18.5. The van der Waals surface area contributed by atoms with Crippen LogP contribution in [0.25, 0.3) is 0 Å². The molecule has 168 valence electrons. The third-order valence-corrected chi connectivity index (χ3v) is 6.96. The molecule has 1 aromatic heterocycles. The van der Waals surface area contributed by atoms with Crippen molar-refractivity contribution in [2.24, 2.45) is 10.4 Å². The van der Waals surface area contributed by atoms with Crippen molar-refractivity contribution >= 4 is 5.96 Å². The van der Waals surface area contributed by atoms with E-state index in [1.165, 1.54) is 38.6 Å². The van der Waals surface area contributed by atoms with Gasteiger partial charge in [-0.05, 0) is 12.8 Å². The first-order valence-corrected chi connectivity index (χ1v) is 11.6. The maximum Gasteiger partial charge on any atom is 0.193 e. The van der Waals surface area contributed by atoms with Crippen molar-refractivity contribution in [2.75, 3.05) is 72.6 Å². The van der Waals surface area contributed by atoms with Crippen molar-refractivity contribution in [3.8, 4) is 0 Å². The number of hydrogen-bond donors (Lipinski definition) is 1. The van der Waals surface area contributed by atoms with Crippen LogP contribution in [0.5, 0.6) is 0 Å². The van der Waals surface area contributed by atoms with E-state index in [9.17, 15) is 0 Å². The Balaban J connectivity index is 1.29. The number of nitrogens with one attached hydrogen (secondary N) is 1. The lowest BCUT2D eigenvalue weighted by Crippen LogP contribution is -2.55. The summed E-state index contributed by atoms with van der Waals surface area (Å²) in [7, 11) is 1.92. The van der Waals surface area contributed by atoms with Crippen LogP contribution in [0, 0.1) is 5.41 Å². The number of rotatable bonds is 6. The molecular weight excluding hydrogens is 380 g/mol. The molecule has 0 atom stereocenters. The van der Waals surface area contributed by atoms with Gasteiger partial charge in [0, 0.05) is 77.4 Å². The molecule has 0 amide bonds. The largest absolute Gasteiger partial charge is 0.379 e. The number of ether oxygens (including phenoxy) is 1. The highest BCUT2D eigenvalue weighted by atomic mass is 16.5. The summed E-state index contributed by atoms with van der Waals surface area (Å²) in [5, 5.41) is 7.81. The molecule has 0 radical (unpaired) electrons. The van der Waals surface area contributed by atoms with Gasteiger partial charge in [0.1, 0.15) is 6.26 Å². The second kappa shape index (κ2) is 10.6. The summed E-state index contributed by atoms with van der Waals surface area (Å²) in [4.78, 5) is 12.1. The van der Waals surface area contributed by atoms with Crippen molar-refractivity contribution in [3.63, 3.8) is 0 Å². The summed E-state index contributed by atoms with van der Waals surface area (Å²) in [6, 6.07) is 1.95. The second-order valence-corrected chi connectivity index (χ2v) is 9.10. The van der Waals surface area contributed by atoms with Gasteiger partial charge in [0.2, 0.25) is 0 Å². The van der Waals surface area contributed by atoms with E-state index in [0.29, 0.717) is 5.41 Å². The predicted octanol–water partition coefficient (Wildman–Crippen LogP) is 1.65. The zero-order chi connectivity index (χ0) is 20.7. The number of nitrogens with zero attached hydrogens (tertiary/aromatic N) is 5. The van der Waals surface area contributed by atoms with Crippen molar-refractivity contribution in [1.82, 2.24) is 25.2 Å². The third kappa shape index (κ3) is 5.74. The predicted molar refractivity (Wildman–Crippen MR) is 117 cm³/mol. The number of morpholine rings is 1. The Morgan fingerprint density at radius 2 is 1.83 bits per heavy atom. The minimum atomic E-state index is 0.361. The molecule has 3 fully saturated rings. The fraction of sp³-hybridized carbons (Fsp3) is 0.818. The lowest BCUT2D eigenvalue weighted by Gasteiger charge is -2.43. The lowest BCUT2D eigenvalue weighted by molar-refractivity contribution is 0.00802. The maximum absolute atomic E-state index is 5.56. The SMILES string of the molecule is CN=C(NCC1(CN2CCOCC2)CCCCC1)N1CCN(Cc2ccon2)CC1. The lowest BCUT2D eigenvalue weighted by atomic mass is 9.73. The number of aliphatic imine (C=N–C) groups is 1. The Labute approximate surface area is 180 Å². The van der Waals surface area contributed by atoms with Gasteiger partial charge in [-0.1, -0.05) is 24.4 Å². The number of aromatic nitrogens is 1. The van der Waals surface area contributed by atoms with Gasteiger partial charge >= 0.3 is 0 Å². The summed E-state index contributed by atoms with van der Waals surface area (Å²) < 4.78 is 10.5. The molecule has 8 nitrogen and oxygen atoms in total. The van der Waals surface area contributed by atoms with Crippen molar-refractivity contribution in [2.45, 2.75) is 38.6 Å². The van der Waals surface area contributed by atoms with Gasteiger partial charge in [-0.3, -0.25) is 14.8 Å². The Bertz CT molecular complexity index is 645. The molecule has 8 heteroatoms. The van der Waals surface area contributed by atoms with E-state index in [1.54, 1.807) is 6.26 Å². The van der Waals surface area contributed by atoms with Crippen LogP contribution >= 0.6 is 0 Å². The smallest absolute Gasteiger partial charge is 0.193 e. The quantitative estimate of drug-likeness (QED) is 0.556. The topological polar surface area (TPSA) is 69.4 Å². The third-order valence-electron chi connectivity index (χ3n) is 6.96. The molecule has 30 heavy (non-hydrogen) atoms. The molecule has 0 spiro atoms. The molecule has 3 aliphatic rings. The van der Waals surface area contributed by atoms with Crippen LogP contribution in [-0.4, -0.2) is 98.4 Å². The molecule has 1 N–H and O–H groups in total. The molecule has 2 saturated heterocycles. The van der Waals surface area contributed by atoms with E-state index >= 15 is 0 Å². The fourth-order valence-electron chi connectivity index (χ4n) is 5.19. The normalized spacial score (nSPS) is 24.2. The maximum atomic E-state index is 5.56. The van der Waals surface area contributed by atoms with Gasteiger partial charge in [0.05, 0.1) is 18.9 Å². The molecule has 0 bridgehead atoms. The van der Waals surface area contributed by atoms with Crippen molar-refractivity contribution < 1.29 is 9.26 Å². The molecule has 1 aromatic rings. The van der Waals surface area contributed by atoms with Gasteiger partial charge in [-0.2, -0.15) is 0 Å². The van der Waals surface area contributed by atoms with Crippen LogP contribution in [-0.2, 0) is 11.3 Å². The van der Waals surface area contributed by atoms with E-state index in [4.69, 9.17) is 9.26 Å². The van der Waals surface area contributed by atoms with Crippen LogP contribution < -0.4 is 5.32 Å². The fourth-order valence-corrected chi connectivity index (χ4v) is 5.19. The summed E-state index contributed by atoms with van der Waals surface area (Å²) in [6.07, 6.45) is 8.37. The minimum Gasteiger partial charge on any atom is -0.379 e.